The van der Waals surface area contributed by atoms with Crippen LogP contribution in [0.3, 0.4) is 0 Å². The Bertz CT molecular complexity index is 1480. The van der Waals surface area contributed by atoms with E-state index in [1.807, 2.05) is 40.8 Å². The summed E-state index contributed by atoms with van der Waals surface area (Å²) < 4.78 is 63.1. The zero-order chi connectivity index (χ0) is 26.7. The van der Waals surface area contributed by atoms with Crippen molar-refractivity contribution >= 4 is 10.9 Å². The Hall–Kier alpha value is -3.38. The summed E-state index contributed by atoms with van der Waals surface area (Å²) in [5.41, 5.74) is 1.40. The summed E-state index contributed by atoms with van der Waals surface area (Å²) in [6.45, 7) is 3.38. The van der Waals surface area contributed by atoms with Crippen molar-refractivity contribution < 1.29 is 22.3 Å². The van der Waals surface area contributed by atoms with Crippen molar-refractivity contribution in [3.63, 3.8) is 0 Å². The van der Waals surface area contributed by atoms with Gasteiger partial charge in [-0.1, -0.05) is 18.2 Å². The van der Waals surface area contributed by atoms with Gasteiger partial charge in [-0.05, 0) is 31.0 Å². The molecule has 0 aliphatic carbocycles. The van der Waals surface area contributed by atoms with Crippen molar-refractivity contribution in [1.29, 1.82) is 0 Å². The van der Waals surface area contributed by atoms with Crippen LogP contribution >= 0.6 is 0 Å². The fraction of sp³-hybridized carbons (Fsp3) is 0.462. The summed E-state index contributed by atoms with van der Waals surface area (Å²) in [4.78, 5) is 5.81. The van der Waals surface area contributed by atoms with Gasteiger partial charge in [0.2, 0.25) is 0 Å². The molecule has 38 heavy (non-hydrogen) atoms. The maximum Gasteiger partial charge on any atom is 0.433 e. The Morgan fingerprint density at radius 1 is 1.24 bits per heavy atom. The fourth-order valence-electron chi connectivity index (χ4n) is 5.46. The van der Waals surface area contributed by atoms with Gasteiger partial charge in [0.15, 0.2) is 0 Å². The smallest absolute Gasteiger partial charge is 0.379 e. The molecule has 200 valence electrons. The van der Waals surface area contributed by atoms with E-state index in [-0.39, 0.29) is 17.7 Å². The summed E-state index contributed by atoms with van der Waals surface area (Å²) in [7, 11) is 1.88. The first-order valence-corrected chi connectivity index (χ1v) is 12.5. The molecule has 2 atom stereocenters. The number of aromatic nitrogens is 6. The first kappa shape index (κ1) is 24.9. The Morgan fingerprint density at radius 2 is 2.05 bits per heavy atom. The number of fused-ring (bicyclic) bond motifs is 1. The SMILES string of the molecule is C[C@@H](c1nc(C(F)(F)F)cc2c(-c3cccc(C4(Cc5nncn5C)COC4)c3)n[nH]c12)N1CC[C@@H](F)C1. The molecule has 1 N–H and O–H groups in total. The molecule has 2 aliphatic heterocycles. The zero-order valence-corrected chi connectivity index (χ0v) is 21.0. The van der Waals surface area contributed by atoms with Gasteiger partial charge >= 0.3 is 6.18 Å². The first-order valence-electron chi connectivity index (χ1n) is 12.5. The highest BCUT2D eigenvalue weighted by atomic mass is 19.4. The van der Waals surface area contributed by atoms with Crippen molar-refractivity contribution in [2.24, 2.45) is 7.05 Å². The topological polar surface area (TPSA) is 84.7 Å². The molecular weight excluding hydrogens is 502 g/mol. The molecule has 1 aromatic carbocycles. The van der Waals surface area contributed by atoms with Gasteiger partial charge in [0.25, 0.3) is 0 Å². The zero-order valence-electron chi connectivity index (χ0n) is 21.0. The number of nitrogens with zero attached hydrogens (tertiary/aromatic N) is 6. The Morgan fingerprint density at radius 3 is 2.68 bits per heavy atom. The maximum absolute atomic E-state index is 13.9. The minimum atomic E-state index is -4.64. The molecule has 0 unspecified atom stereocenters. The molecule has 0 radical (unpaired) electrons. The van der Waals surface area contributed by atoms with Gasteiger partial charge in [0.05, 0.1) is 30.5 Å². The van der Waals surface area contributed by atoms with Crippen molar-refractivity contribution in [3.05, 3.63) is 59.4 Å². The summed E-state index contributed by atoms with van der Waals surface area (Å²) >= 11 is 0. The molecule has 2 aliphatic rings. The molecule has 3 aromatic heterocycles. The fourth-order valence-corrected chi connectivity index (χ4v) is 5.46. The highest BCUT2D eigenvalue weighted by molar-refractivity contribution is 5.94. The van der Waals surface area contributed by atoms with Crippen molar-refractivity contribution in [1.82, 2.24) is 34.8 Å². The molecule has 0 amide bonds. The van der Waals surface area contributed by atoms with Crippen molar-refractivity contribution in [3.8, 4) is 11.3 Å². The van der Waals surface area contributed by atoms with E-state index in [0.29, 0.717) is 54.8 Å². The summed E-state index contributed by atoms with van der Waals surface area (Å²) in [5, 5.41) is 15.9. The molecule has 0 saturated carbocycles. The quantitative estimate of drug-likeness (QED) is 0.373. The average molecular weight is 530 g/mol. The van der Waals surface area contributed by atoms with Crippen LogP contribution in [0.25, 0.3) is 22.2 Å². The van der Waals surface area contributed by atoms with Crippen LogP contribution in [0.4, 0.5) is 17.6 Å². The second-order valence-corrected chi connectivity index (χ2v) is 10.3. The molecule has 5 heterocycles. The van der Waals surface area contributed by atoms with E-state index in [9.17, 15) is 17.6 Å². The van der Waals surface area contributed by atoms with Gasteiger partial charge in [-0.15, -0.1) is 10.2 Å². The molecule has 4 aromatic rings. The van der Waals surface area contributed by atoms with E-state index >= 15 is 0 Å². The molecular formula is C26H27F4N7O. The standard InChI is InChI=1S/C26H27F4N7O/c1-15(37-7-6-18(27)11-37)22-24-19(9-20(32-22)26(28,29)30)23(34-35-24)16-4-3-5-17(8-16)25(12-38-13-25)10-21-33-31-14-36(21)2/h3-5,8-9,14-15,18H,6-7,10-13H2,1-2H3,(H,34,35)/t15-,18+/m0/s1. The van der Waals surface area contributed by atoms with Gasteiger partial charge in [-0.25, -0.2) is 9.37 Å². The van der Waals surface area contributed by atoms with E-state index in [1.165, 1.54) is 0 Å². The van der Waals surface area contributed by atoms with Gasteiger partial charge in [0, 0.05) is 42.9 Å². The number of aryl methyl sites for hydroxylation is 1. The van der Waals surface area contributed by atoms with Crippen LogP contribution in [-0.2, 0) is 29.8 Å². The van der Waals surface area contributed by atoms with Crippen LogP contribution in [0.2, 0.25) is 0 Å². The maximum atomic E-state index is 13.9. The van der Waals surface area contributed by atoms with Crippen LogP contribution < -0.4 is 0 Å². The lowest BCUT2D eigenvalue weighted by Crippen LogP contribution is -2.49. The van der Waals surface area contributed by atoms with E-state index in [4.69, 9.17) is 4.74 Å². The summed E-state index contributed by atoms with van der Waals surface area (Å²) in [6, 6.07) is 8.19. The Labute approximate surface area is 216 Å². The van der Waals surface area contributed by atoms with E-state index in [1.54, 1.807) is 13.3 Å². The third-order valence-corrected chi connectivity index (χ3v) is 7.78. The number of benzene rings is 1. The normalized spacial score (nSPS) is 20.6. The number of halogens is 4. The number of nitrogens with one attached hydrogen (secondary N) is 1. The number of rotatable bonds is 6. The van der Waals surface area contributed by atoms with Crippen molar-refractivity contribution in [2.75, 3.05) is 26.3 Å². The van der Waals surface area contributed by atoms with Gasteiger partial charge in [0.1, 0.15) is 29.7 Å². The van der Waals surface area contributed by atoms with Gasteiger partial charge < -0.3 is 9.30 Å². The van der Waals surface area contributed by atoms with E-state index < -0.39 is 24.1 Å². The largest absolute Gasteiger partial charge is 0.433 e. The molecule has 2 fully saturated rings. The van der Waals surface area contributed by atoms with Crippen molar-refractivity contribution in [2.45, 2.75) is 43.6 Å². The summed E-state index contributed by atoms with van der Waals surface area (Å²) in [5.74, 6) is 0.820. The number of H-pyrrole nitrogens is 1. The van der Waals surface area contributed by atoms with Crippen LogP contribution in [-0.4, -0.2) is 67.3 Å². The van der Waals surface area contributed by atoms with Crippen LogP contribution in [0.1, 0.15) is 42.2 Å². The monoisotopic (exact) mass is 529 g/mol. The molecule has 8 nitrogen and oxygen atoms in total. The number of aromatic amines is 1. The predicted octanol–water partition coefficient (Wildman–Crippen LogP) is 4.39. The summed E-state index contributed by atoms with van der Waals surface area (Å²) in [6.07, 6.45) is -3.02. The number of likely N-dealkylation sites (tertiary alicyclic amines) is 1. The van der Waals surface area contributed by atoms with Crippen LogP contribution in [0.5, 0.6) is 0 Å². The second-order valence-electron chi connectivity index (χ2n) is 10.3. The van der Waals surface area contributed by atoms with E-state index in [0.717, 1.165) is 17.5 Å². The second kappa shape index (κ2) is 9.12. The Kier molecular flexibility index (Phi) is 5.98. The Balaban J connectivity index is 1.43. The van der Waals surface area contributed by atoms with Gasteiger partial charge in [-0.3, -0.25) is 10.00 Å². The molecule has 0 bridgehead atoms. The molecule has 6 rings (SSSR count). The minimum Gasteiger partial charge on any atom is -0.379 e. The number of hydrogen-bond acceptors (Lipinski definition) is 6. The third kappa shape index (κ3) is 4.25. The number of hydrogen-bond donors (Lipinski definition) is 1. The van der Waals surface area contributed by atoms with Crippen LogP contribution in [0.15, 0.2) is 36.7 Å². The number of pyridine rings is 1. The third-order valence-electron chi connectivity index (χ3n) is 7.78. The highest BCUT2D eigenvalue weighted by Crippen LogP contribution is 2.40. The predicted molar refractivity (Wildman–Crippen MR) is 131 cm³/mol. The number of alkyl halides is 4. The number of ether oxygens (including phenoxy) is 1. The van der Waals surface area contributed by atoms with Gasteiger partial charge in [-0.2, -0.15) is 18.3 Å². The lowest BCUT2D eigenvalue weighted by atomic mass is 9.75. The minimum absolute atomic E-state index is 0.166. The lowest BCUT2D eigenvalue weighted by molar-refractivity contribution is -0.141. The highest BCUT2D eigenvalue weighted by Gasteiger charge is 2.42. The van der Waals surface area contributed by atoms with E-state index in [2.05, 4.69) is 25.4 Å². The average Bonchev–Trinajstić information content (AvgIpc) is 3.59. The molecule has 0 spiro atoms. The first-order chi connectivity index (χ1) is 18.1. The molecule has 12 heteroatoms. The molecule has 2 saturated heterocycles. The van der Waals surface area contributed by atoms with Crippen LogP contribution in [0, 0.1) is 0 Å². The lowest BCUT2D eigenvalue weighted by Gasteiger charge is -2.41.